The Bertz CT molecular complexity index is 695. The Kier molecular flexibility index (Phi) is 4.44. The molecule has 120 valence electrons. The van der Waals surface area contributed by atoms with Gasteiger partial charge in [-0.2, -0.15) is 0 Å². The number of anilines is 1. The SMILES string of the molecule is CC(C)c1ccc(C2CC2C(=O)Nc2cnccc2CO)cc1. The van der Waals surface area contributed by atoms with Crippen LogP contribution in [0.25, 0.3) is 0 Å². The smallest absolute Gasteiger partial charge is 0.228 e. The van der Waals surface area contributed by atoms with Crippen molar-refractivity contribution in [1.82, 2.24) is 4.98 Å². The Hall–Kier alpha value is -2.20. The third-order valence-corrected chi connectivity index (χ3v) is 4.50. The van der Waals surface area contributed by atoms with Crippen LogP contribution in [0.2, 0.25) is 0 Å². The lowest BCUT2D eigenvalue weighted by atomic mass is 10.00. The predicted octanol–water partition coefficient (Wildman–Crippen LogP) is 3.44. The molecule has 1 aliphatic carbocycles. The fraction of sp³-hybridized carbons (Fsp3) is 0.368. The Labute approximate surface area is 136 Å². The zero-order valence-corrected chi connectivity index (χ0v) is 13.5. The highest BCUT2D eigenvalue weighted by Crippen LogP contribution is 2.48. The summed E-state index contributed by atoms with van der Waals surface area (Å²) in [5.41, 5.74) is 3.83. The molecule has 1 fully saturated rings. The quantitative estimate of drug-likeness (QED) is 0.889. The van der Waals surface area contributed by atoms with Crippen LogP contribution in [0, 0.1) is 5.92 Å². The zero-order valence-electron chi connectivity index (χ0n) is 13.5. The second-order valence-corrected chi connectivity index (χ2v) is 6.45. The largest absolute Gasteiger partial charge is 0.392 e. The first-order valence-electron chi connectivity index (χ1n) is 8.04. The minimum Gasteiger partial charge on any atom is -0.392 e. The van der Waals surface area contributed by atoms with Crippen LogP contribution in [0.15, 0.2) is 42.7 Å². The molecule has 3 rings (SSSR count). The average Bonchev–Trinajstić information content (AvgIpc) is 3.36. The van der Waals surface area contributed by atoms with Crippen molar-refractivity contribution in [3.8, 4) is 0 Å². The number of pyridine rings is 1. The van der Waals surface area contributed by atoms with Crippen molar-refractivity contribution < 1.29 is 9.90 Å². The highest BCUT2D eigenvalue weighted by molar-refractivity contribution is 5.95. The van der Waals surface area contributed by atoms with E-state index in [2.05, 4.69) is 48.4 Å². The van der Waals surface area contributed by atoms with Crippen LogP contribution >= 0.6 is 0 Å². The van der Waals surface area contributed by atoms with Gasteiger partial charge >= 0.3 is 0 Å². The van der Waals surface area contributed by atoms with Crippen LogP contribution in [0.4, 0.5) is 5.69 Å². The van der Waals surface area contributed by atoms with Crippen LogP contribution in [-0.4, -0.2) is 16.0 Å². The zero-order chi connectivity index (χ0) is 16.4. The number of aliphatic hydroxyl groups is 1. The number of carbonyl (C=O) groups is 1. The average molecular weight is 310 g/mol. The van der Waals surface area contributed by atoms with Gasteiger partial charge in [0.05, 0.1) is 18.5 Å². The van der Waals surface area contributed by atoms with Gasteiger partial charge in [0.1, 0.15) is 0 Å². The summed E-state index contributed by atoms with van der Waals surface area (Å²) in [6.45, 7) is 4.24. The molecule has 2 unspecified atom stereocenters. The molecule has 23 heavy (non-hydrogen) atoms. The molecule has 4 nitrogen and oxygen atoms in total. The van der Waals surface area contributed by atoms with E-state index >= 15 is 0 Å². The van der Waals surface area contributed by atoms with Crippen molar-refractivity contribution in [1.29, 1.82) is 0 Å². The second kappa shape index (κ2) is 6.50. The molecule has 0 spiro atoms. The maximum atomic E-state index is 12.4. The molecular weight excluding hydrogens is 288 g/mol. The number of hydrogen-bond donors (Lipinski definition) is 2. The third-order valence-electron chi connectivity index (χ3n) is 4.50. The number of nitrogens with zero attached hydrogens (tertiary/aromatic N) is 1. The summed E-state index contributed by atoms with van der Waals surface area (Å²) >= 11 is 0. The first kappa shape index (κ1) is 15.7. The Morgan fingerprint density at radius 3 is 2.70 bits per heavy atom. The van der Waals surface area contributed by atoms with Crippen molar-refractivity contribution >= 4 is 11.6 Å². The van der Waals surface area contributed by atoms with E-state index in [1.165, 1.54) is 11.1 Å². The number of amides is 1. The molecule has 2 atom stereocenters. The standard InChI is InChI=1S/C19H22N2O2/c1-12(2)13-3-5-14(6-4-13)16-9-17(16)19(23)21-18-10-20-8-7-15(18)11-22/h3-8,10,12,16-17,22H,9,11H2,1-2H3,(H,21,23). The molecule has 1 aromatic carbocycles. The number of benzene rings is 1. The van der Waals surface area contributed by atoms with E-state index in [0.717, 1.165) is 6.42 Å². The van der Waals surface area contributed by atoms with Gasteiger partial charge < -0.3 is 10.4 Å². The van der Waals surface area contributed by atoms with Crippen LogP contribution in [0.1, 0.15) is 48.8 Å². The van der Waals surface area contributed by atoms with Crippen molar-refractivity contribution in [2.75, 3.05) is 5.32 Å². The molecular formula is C19H22N2O2. The first-order valence-corrected chi connectivity index (χ1v) is 8.04. The minimum absolute atomic E-state index is 0.00522. The summed E-state index contributed by atoms with van der Waals surface area (Å²) in [6, 6.07) is 10.3. The Morgan fingerprint density at radius 2 is 2.04 bits per heavy atom. The van der Waals surface area contributed by atoms with Gasteiger partial charge in [-0.3, -0.25) is 9.78 Å². The van der Waals surface area contributed by atoms with Crippen LogP contribution < -0.4 is 5.32 Å². The fourth-order valence-electron chi connectivity index (χ4n) is 2.88. The fourth-order valence-corrected chi connectivity index (χ4v) is 2.88. The number of carbonyl (C=O) groups excluding carboxylic acids is 1. The summed E-state index contributed by atoms with van der Waals surface area (Å²) in [5.74, 6) is 0.826. The van der Waals surface area contributed by atoms with Crippen molar-refractivity contribution in [2.45, 2.75) is 38.7 Å². The molecule has 4 heteroatoms. The molecule has 1 aliphatic rings. The molecule has 1 aromatic heterocycles. The van der Waals surface area contributed by atoms with E-state index < -0.39 is 0 Å². The summed E-state index contributed by atoms with van der Waals surface area (Å²) in [4.78, 5) is 16.4. The number of rotatable bonds is 5. The topological polar surface area (TPSA) is 62.2 Å². The monoisotopic (exact) mass is 310 g/mol. The molecule has 0 aliphatic heterocycles. The minimum atomic E-state index is -0.108. The van der Waals surface area contributed by atoms with Crippen LogP contribution in [-0.2, 0) is 11.4 Å². The van der Waals surface area contributed by atoms with Crippen LogP contribution in [0.5, 0.6) is 0 Å². The number of hydrogen-bond acceptors (Lipinski definition) is 3. The van der Waals surface area contributed by atoms with E-state index in [4.69, 9.17) is 0 Å². The van der Waals surface area contributed by atoms with E-state index in [9.17, 15) is 9.90 Å². The van der Waals surface area contributed by atoms with Crippen LogP contribution in [0.3, 0.4) is 0 Å². The highest BCUT2D eigenvalue weighted by atomic mass is 16.3. The molecule has 1 amide bonds. The molecule has 1 heterocycles. The van der Waals surface area contributed by atoms with E-state index in [0.29, 0.717) is 23.1 Å². The lowest BCUT2D eigenvalue weighted by Gasteiger charge is -2.09. The number of nitrogens with one attached hydrogen (secondary N) is 1. The molecule has 2 aromatic rings. The molecule has 0 bridgehead atoms. The van der Waals surface area contributed by atoms with E-state index in [1.807, 2.05) is 0 Å². The summed E-state index contributed by atoms with van der Waals surface area (Å²) in [5, 5.41) is 12.2. The summed E-state index contributed by atoms with van der Waals surface area (Å²) in [6.07, 6.45) is 4.07. The molecule has 0 saturated heterocycles. The number of aromatic nitrogens is 1. The summed E-state index contributed by atoms with van der Waals surface area (Å²) < 4.78 is 0. The molecule has 2 N–H and O–H groups in total. The molecule has 0 radical (unpaired) electrons. The highest BCUT2D eigenvalue weighted by Gasteiger charge is 2.44. The lowest BCUT2D eigenvalue weighted by Crippen LogP contribution is -2.16. The lowest BCUT2D eigenvalue weighted by molar-refractivity contribution is -0.117. The van der Waals surface area contributed by atoms with Gasteiger partial charge in [0.15, 0.2) is 0 Å². The van der Waals surface area contributed by atoms with Gasteiger partial charge in [0.25, 0.3) is 0 Å². The van der Waals surface area contributed by atoms with Crippen molar-refractivity contribution in [3.05, 3.63) is 59.4 Å². The normalized spacial score (nSPS) is 19.7. The third kappa shape index (κ3) is 3.42. The van der Waals surface area contributed by atoms with E-state index in [-0.39, 0.29) is 18.4 Å². The van der Waals surface area contributed by atoms with Gasteiger partial charge in [0, 0.05) is 17.7 Å². The maximum absolute atomic E-state index is 12.4. The van der Waals surface area contributed by atoms with Gasteiger partial charge in [0.2, 0.25) is 5.91 Å². The van der Waals surface area contributed by atoms with Crippen molar-refractivity contribution in [3.63, 3.8) is 0 Å². The van der Waals surface area contributed by atoms with Crippen molar-refractivity contribution in [2.24, 2.45) is 5.92 Å². The second-order valence-electron chi connectivity index (χ2n) is 6.45. The van der Waals surface area contributed by atoms with Gasteiger partial charge in [-0.25, -0.2) is 0 Å². The maximum Gasteiger partial charge on any atom is 0.228 e. The summed E-state index contributed by atoms with van der Waals surface area (Å²) in [7, 11) is 0. The van der Waals surface area contributed by atoms with E-state index in [1.54, 1.807) is 18.5 Å². The Balaban J connectivity index is 1.64. The first-order chi connectivity index (χ1) is 11.1. The van der Waals surface area contributed by atoms with Gasteiger partial charge in [-0.1, -0.05) is 38.1 Å². The predicted molar refractivity (Wildman–Crippen MR) is 90.2 cm³/mol. The Morgan fingerprint density at radius 1 is 1.30 bits per heavy atom. The van der Waals surface area contributed by atoms with Gasteiger partial charge in [-0.15, -0.1) is 0 Å². The molecule has 1 saturated carbocycles. The van der Waals surface area contributed by atoms with Gasteiger partial charge in [-0.05, 0) is 35.4 Å². The number of aliphatic hydroxyl groups excluding tert-OH is 1.